The van der Waals surface area contributed by atoms with E-state index in [-0.39, 0.29) is 0 Å². The molecule has 1 unspecified atom stereocenters. The number of methoxy groups -OCH3 is 1. The minimum atomic E-state index is 0.545. The second kappa shape index (κ2) is 7.81. The van der Waals surface area contributed by atoms with Gasteiger partial charge in [0.1, 0.15) is 5.75 Å². The molecule has 2 heterocycles. The monoisotopic (exact) mass is 328 g/mol. The van der Waals surface area contributed by atoms with Crippen LogP contribution < -0.4 is 10.1 Å². The Kier molecular flexibility index (Phi) is 5.53. The van der Waals surface area contributed by atoms with Gasteiger partial charge in [-0.3, -0.25) is 9.58 Å². The van der Waals surface area contributed by atoms with Gasteiger partial charge < -0.3 is 10.1 Å². The second-order valence-electron chi connectivity index (χ2n) is 6.69. The van der Waals surface area contributed by atoms with E-state index in [2.05, 4.69) is 40.4 Å². The zero-order valence-corrected chi connectivity index (χ0v) is 15.0. The number of piperidine rings is 1. The van der Waals surface area contributed by atoms with E-state index in [9.17, 15) is 0 Å². The number of aryl methyl sites for hydroxylation is 1. The Hall–Kier alpha value is -1.85. The molecule has 3 rings (SSSR count). The fourth-order valence-electron chi connectivity index (χ4n) is 3.37. The second-order valence-corrected chi connectivity index (χ2v) is 6.69. The summed E-state index contributed by atoms with van der Waals surface area (Å²) in [7, 11) is 3.72. The molecule has 1 atom stereocenters. The van der Waals surface area contributed by atoms with Crippen LogP contribution >= 0.6 is 0 Å². The van der Waals surface area contributed by atoms with Crippen LogP contribution in [0.25, 0.3) is 0 Å². The third kappa shape index (κ3) is 4.16. The largest absolute Gasteiger partial charge is 0.497 e. The molecule has 1 aliphatic rings. The quantitative estimate of drug-likeness (QED) is 0.885. The Morgan fingerprint density at radius 2 is 2.25 bits per heavy atom. The zero-order chi connectivity index (χ0) is 16.9. The molecule has 0 saturated carbocycles. The number of nitrogens with zero attached hydrogens (tertiary/aromatic N) is 3. The Labute approximate surface area is 144 Å². The van der Waals surface area contributed by atoms with Crippen molar-refractivity contribution >= 4 is 0 Å². The van der Waals surface area contributed by atoms with Crippen molar-refractivity contribution in [3.05, 3.63) is 47.3 Å². The van der Waals surface area contributed by atoms with Gasteiger partial charge in [-0.1, -0.05) is 12.1 Å². The van der Waals surface area contributed by atoms with E-state index < -0.39 is 0 Å². The van der Waals surface area contributed by atoms with Gasteiger partial charge in [-0.05, 0) is 44.0 Å². The highest BCUT2D eigenvalue weighted by atomic mass is 16.5. The van der Waals surface area contributed by atoms with Crippen molar-refractivity contribution in [3.63, 3.8) is 0 Å². The molecule has 1 aromatic heterocycles. The molecule has 2 aromatic rings. The predicted molar refractivity (Wildman–Crippen MR) is 96.1 cm³/mol. The van der Waals surface area contributed by atoms with Gasteiger partial charge in [0.05, 0.1) is 13.3 Å². The van der Waals surface area contributed by atoms with Gasteiger partial charge in [0.15, 0.2) is 0 Å². The Bertz CT molecular complexity index is 667. The molecule has 1 fully saturated rings. The summed E-state index contributed by atoms with van der Waals surface area (Å²) < 4.78 is 7.26. The van der Waals surface area contributed by atoms with Crippen molar-refractivity contribution in [1.29, 1.82) is 0 Å². The molecule has 0 spiro atoms. The molecule has 1 aromatic carbocycles. The molecule has 1 N–H and O–H groups in total. The van der Waals surface area contributed by atoms with Crippen LogP contribution in [-0.2, 0) is 20.1 Å². The first-order valence-corrected chi connectivity index (χ1v) is 8.72. The summed E-state index contributed by atoms with van der Waals surface area (Å²) in [5.41, 5.74) is 3.85. The topological polar surface area (TPSA) is 42.3 Å². The fourth-order valence-corrected chi connectivity index (χ4v) is 3.37. The summed E-state index contributed by atoms with van der Waals surface area (Å²) >= 11 is 0. The lowest BCUT2D eigenvalue weighted by Crippen LogP contribution is -2.45. The van der Waals surface area contributed by atoms with Crippen LogP contribution in [0.15, 0.2) is 30.5 Å². The normalized spacial score (nSPS) is 18.7. The van der Waals surface area contributed by atoms with E-state index in [1.54, 1.807) is 7.11 Å². The highest BCUT2D eigenvalue weighted by Gasteiger charge is 2.20. The van der Waals surface area contributed by atoms with Crippen LogP contribution in [-0.4, -0.2) is 40.9 Å². The van der Waals surface area contributed by atoms with Crippen LogP contribution in [0.4, 0.5) is 0 Å². The fraction of sp³-hybridized carbons (Fsp3) is 0.526. The average Bonchev–Trinajstić information content (AvgIpc) is 2.92. The molecule has 1 aliphatic heterocycles. The number of hydrogen-bond donors (Lipinski definition) is 1. The first kappa shape index (κ1) is 17.0. The molecular weight excluding hydrogens is 300 g/mol. The summed E-state index contributed by atoms with van der Waals surface area (Å²) in [6.45, 7) is 6.27. The summed E-state index contributed by atoms with van der Waals surface area (Å²) in [6, 6.07) is 8.93. The molecule has 0 aliphatic carbocycles. The third-order valence-corrected chi connectivity index (χ3v) is 4.96. The minimum absolute atomic E-state index is 0.545. The van der Waals surface area contributed by atoms with Gasteiger partial charge in [-0.15, -0.1) is 0 Å². The highest BCUT2D eigenvalue weighted by Crippen LogP contribution is 2.18. The maximum atomic E-state index is 5.33. The smallest absolute Gasteiger partial charge is 0.119 e. The third-order valence-electron chi connectivity index (χ3n) is 4.96. The number of rotatable bonds is 6. The van der Waals surface area contributed by atoms with Crippen molar-refractivity contribution < 1.29 is 4.74 Å². The molecule has 5 nitrogen and oxygen atoms in total. The van der Waals surface area contributed by atoms with Gasteiger partial charge in [0.2, 0.25) is 0 Å². The van der Waals surface area contributed by atoms with Gasteiger partial charge >= 0.3 is 0 Å². The van der Waals surface area contributed by atoms with Crippen molar-refractivity contribution in [2.45, 2.75) is 38.9 Å². The van der Waals surface area contributed by atoms with Crippen LogP contribution in [0.1, 0.15) is 29.7 Å². The molecule has 5 heteroatoms. The molecule has 130 valence electrons. The average molecular weight is 328 g/mol. The first-order chi connectivity index (χ1) is 11.7. The molecule has 1 saturated heterocycles. The van der Waals surface area contributed by atoms with Crippen LogP contribution in [0.5, 0.6) is 5.75 Å². The summed E-state index contributed by atoms with van der Waals surface area (Å²) in [5, 5.41) is 8.03. The lowest BCUT2D eigenvalue weighted by molar-refractivity contribution is 0.182. The van der Waals surface area contributed by atoms with Crippen molar-refractivity contribution in [1.82, 2.24) is 20.0 Å². The summed E-state index contributed by atoms with van der Waals surface area (Å²) in [4.78, 5) is 2.53. The number of hydrogen-bond acceptors (Lipinski definition) is 4. The van der Waals surface area contributed by atoms with E-state index in [0.717, 1.165) is 25.4 Å². The van der Waals surface area contributed by atoms with E-state index in [1.165, 1.54) is 36.2 Å². The van der Waals surface area contributed by atoms with Crippen LogP contribution in [0.3, 0.4) is 0 Å². The predicted octanol–water partition coefficient (Wildman–Crippen LogP) is 2.49. The van der Waals surface area contributed by atoms with Crippen LogP contribution in [0, 0.1) is 6.92 Å². The number of nitrogens with one attached hydrogen (secondary N) is 1. The molecule has 24 heavy (non-hydrogen) atoms. The van der Waals surface area contributed by atoms with Crippen LogP contribution in [0.2, 0.25) is 0 Å². The number of benzene rings is 1. The lowest BCUT2D eigenvalue weighted by atomic mass is 10.0. The zero-order valence-electron chi connectivity index (χ0n) is 15.0. The Morgan fingerprint density at radius 3 is 3.00 bits per heavy atom. The summed E-state index contributed by atoms with van der Waals surface area (Å²) in [5.74, 6) is 0.936. The highest BCUT2D eigenvalue weighted by molar-refractivity contribution is 5.28. The van der Waals surface area contributed by atoms with E-state index in [4.69, 9.17) is 4.74 Å². The van der Waals surface area contributed by atoms with Crippen molar-refractivity contribution in [3.8, 4) is 5.75 Å². The first-order valence-electron chi connectivity index (χ1n) is 8.72. The van der Waals surface area contributed by atoms with Gasteiger partial charge in [0.25, 0.3) is 0 Å². The number of likely N-dealkylation sites (tertiary alicyclic amines) is 1. The maximum Gasteiger partial charge on any atom is 0.119 e. The van der Waals surface area contributed by atoms with E-state index in [1.807, 2.05) is 24.0 Å². The van der Waals surface area contributed by atoms with Crippen molar-refractivity contribution in [2.24, 2.45) is 7.05 Å². The SMILES string of the molecule is COc1cccc(CN2CCCC(NCc3cnn(C)c3C)C2)c1. The molecule has 0 amide bonds. The summed E-state index contributed by atoms with van der Waals surface area (Å²) in [6.07, 6.45) is 4.46. The number of aromatic nitrogens is 2. The van der Waals surface area contributed by atoms with Gasteiger partial charge in [-0.25, -0.2) is 0 Å². The van der Waals surface area contributed by atoms with Gasteiger partial charge in [-0.2, -0.15) is 5.10 Å². The lowest BCUT2D eigenvalue weighted by Gasteiger charge is -2.33. The minimum Gasteiger partial charge on any atom is -0.497 e. The molecule has 0 radical (unpaired) electrons. The van der Waals surface area contributed by atoms with E-state index in [0.29, 0.717) is 6.04 Å². The van der Waals surface area contributed by atoms with Gasteiger partial charge in [0, 0.05) is 44.0 Å². The Balaban J connectivity index is 1.53. The molecular formula is C19H28N4O. The Morgan fingerprint density at radius 1 is 1.38 bits per heavy atom. The van der Waals surface area contributed by atoms with Crippen molar-refractivity contribution in [2.75, 3.05) is 20.2 Å². The molecule has 0 bridgehead atoms. The number of ether oxygens (including phenoxy) is 1. The van der Waals surface area contributed by atoms with E-state index >= 15 is 0 Å². The standard InChI is InChI=1S/C19H28N4O/c1-15-17(12-21-22(15)2)11-20-18-7-5-9-23(14-18)13-16-6-4-8-19(10-16)24-3/h4,6,8,10,12,18,20H,5,7,9,11,13-14H2,1-3H3. The maximum absolute atomic E-state index is 5.33.